The second-order valence-corrected chi connectivity index (χ2v) is 7.10. The van der Waals surface area contributed by atoms with Gasteiger partial charge in [-0.3, -0.25) is 0 Å². The standard InChI is InChI=1S/C23H21N3O4/c1-14-9-15(2)22(24-12-14)30-18-7-8-19-20(11-18)26(3)21(25-19)13-29-17-6-4-5-16(10-17)23(27)28/h4-12H,13H2,1-3H3,(H,27,28). The van der Waals surface area contributed by atoms with Crippen molar-refractivity contribution in [3.63, 3.8) is 0 Å². The number of rotatable bonds is 6. The fourth-order valence-corrected chi connectivity index (χ4v) is 3.20. The first-order valence-corrected chi connectivity index (χ1v) is 9.43. The van der Waals surface area contributed by atoms with Crippen molar-refractivity contribution in [3.8, 4) is 17.4 Å². The summed E-state index contributed by atoms with van der Waals surface area (Å²) in [5, 5.41) is 9.11. The van der Waals surface area contributed by atoms with Gasteiger partial charge in [0.05, 0.1) is 16.6 Å². The molecule has 1 N–H and O–H groups in total. The highest BCUT2D eigenvalue weighted by Crippen LogP contribution is 2.27. The van der Waals surface area contributed by atoms with Crippen molar-refractivity contribution in [1.82, 2.24) is 14.5 Å². The van der Waals surface area contributed by atoms with E-state index >= 15 is 0 Å². The molecule has 4 rings (SSSR count). The molecule has 0 unspecified atom stereocenters. The Bertz CT molecular complexity index is 1250. The van der Waals surface area contributed by atoms with E-state index in [-0.39, 0.29) is 12.2 Å². The van der Waals surface area contributed by atoms with Crippen molar-refractivity contribution in [2.45, 2.75) is 20.5 Å². The molecule has 0 saturated carbocycles. The molecule has 0 aliphatic heterocycles. The smallest absolute Gasteiger partial charge is 0.335 e. The summed E-state index contributed by atoms with van der Waals surface area (Å²) in [6, 6.07) is 14.1. The van der Waals surface area contributed by atoms with Crippen molar-refractivity contribution < 1.29 is 19.4 Å². The number of aromatic nitrogens is 3. The highest BCUT2D eigenvalue weighted by molar-refractivity contribution is 5.88. The van der Waals surface area contributed by atoms with Crippen LogP contribution in [0.15, 0.2) is 54.7 Å². The Labute approximate surface area is 173 Å². The quantitative estimate of drug-likeness (QED) is 0.504. The van der Waals surface area contributed by atoms with Gasteiger partial charge in [0.1, 0.15) is 23.9 Å². The van der Waals surface area contributed by atoms with Gasteiger partial charge in [-0.1, -0.05) is 6.07 Å². The van der Waals surface area contributed by atoms with Gasteiger partial charge in [-0.05, 0) is 55.8 Å². The van der Waals surface area contributed by atoms with Crippen molar-refractivity contribution in [1.29, 1.82) is 0 Å². The zero-order chi connectivity index (χ0) is 21.3. The van der Waals surface area contributed by atoms with Crippen molar-refractivity contribution >= 4 is 17.0 Å². The number of carboxylic acids is 1. The third-order valence-corrected chi connectivity index (χ3v) is 4.78. The van der Waals surface area contributed by atoms with E-state index in [1.54, 1.807) is 18.3 Å². The summed E-state index contributed by atoms with van der Waals surface area (Å²) < 4.78 is 13.6. The minimum absolute atomic E-state index is 0.180. The number of hydrogen-bond acceptors (Lipinski definition) is 5. The molecule has 0 bridgehead atoms. The van der Waals surface area contributed by atoms with E-state index in [1.165, 1.54) is 12.1 Å². The van der Waals surface area contributed by atoms with Crippen LogP contribution in [0.25, 0.3) is 11.0 Å². The van der Waals surface area contributed by atoms with Crippen LogP contribution < -0.4 is 9.47 Å². The fraction of sp³-hybridized carbons (Fsp3) is 0.174. The zero-order valence-corrected chi connectivity index (χ0v) is 16.9. The SMILES string of the molecule is Cc1cnc(Oc2ccc3nc(COc4cccc(C(=O)O)c4)n(C)c3c2)c(C)c1. The first kappa shape index (κ1) is 19.4. The Morgan fingerprint density at radius 3 is 2.70 bits per heavy atom. The van der Waals surface area contributed by atoms with E-state index < -0.39 is 5.97 Å². The summed E-state index contributed by atoms with van der Waals surface area (Å²) in [6.45, 7) is 4.17. The summed E-state index contributed by atoms with van der Waals surface area (Å²) >= 11 is 0. The topological polar surface area (TPSA) is 86.5 Å². The summed E-state index contributed by atoms with van der Waals surface area (Å²) in [4.78, 5) is 20.1. The van der Waals surface area contributed by atoms with Gasteiger partial charge in [-0.25, -0.2) is 14.8 Å². The molecule has 0 aliphatic rings. The number of imidazole rings is 1. The maximum atomic E-state index is 11.1. The first-order chi connectivity index (χ1) is 14.4. The number of carboxylic acid groups (broad SMARTS) is 1. The van der Waals surface area contributed by atoms with Gasteiger partial charge >= 0.3 is 5.97 Å². The molecule has 0 fully saturated rings. The summed E-state index contributed by atoms with van der Waals surface area (Å²) in [7, 11) is 1.90. The van der Waals surface area contributed by atoms with Gasteiger partial charge in [0, 0.05) is 24.9 Å². The molecule has 7 nitrogen and oxygen atoms in total. The highest BCUT2D eigenvalue weighted by atomic mass is 16.5. The number of hydrogen-bond donors (Lipinski definition) is 1. The summed E-state index contributed by atoms with van der Waals surface area (Å²) in [5.41, 5.74) is 3.95. The lowest BCUT2D eigenvalue weighted by Gasteiger charge is -2.09. The van der Waals surface area contributed by atoms with Gasteiger partial charge in [0.25, 0.3) is 0 Å². The lowest BCUT2D eigenvalue weighted by molar-refractivity contribution is 0.0696. The predicted molar refractivity (Wildman–Crippen MR) is 112 cm³/mol. The third-order valence-electron chi connectivity index (χ3n) is 4.78. The number of aryl methyl sites for hydroxylation is 3. The Hall–Kier alpha value is -3.87. The molecule has 2 aromatic carbocycles. The number of ether oxygens (including phenoxy) is 2. The van der Waals surface area contributed by atoms with Crippen LogP contribution in [0.3, 0.4) is 0 Å². The molecule has 4 aromatic rings. The maximum Gasteiger partial charge on any atom is 0.335 e. The minimum atomic E-state index is -0.992. The first-order valence-electron chi connectivity index (χ1n) is 9.43. The third kappa shape index (κ3) is 3.96. The number of aromatic carboxylic acids is 1. The van der Waals surface area contributed by atoms with Crippen molar-refractivity contribution in [2.24, 2.45) is 7.05 Å². The number of nitrogens with zero attached hydrogens (tertiary/aromatic N) is 3. The van der Waals surface area contributed by atoms with Crippen LogP contribution in [-0.2, 0) is 13.7 Å². The average Bonchev–Trinajstić information content (AvgIpc) is 3.04. The van der Waals surface area contributed by atoms with Gasteiger partial charge in [0.2, 0.25) is 5.88 Å². The van der Waals surface area contributed by atoms with Gasteiger partial charge in [0.15, 0.2) is 0 Å². The molecule has 30 heavy (non-hydrogen) atoms. The van der Waals surface area contributed by atoms with Crippen LogP contribution >= 0.6 is 0 Å². The molecule has 0 radical (unpaired) electrons. The molecule has 152 valence electrons. The van der Waals surface area contributed by atoms with Gasteiger partial charge in [-0.15, -0.1) is 0 Å². The molecule has 0 saturated heterocycles. The van der Waals surface area contributed by atoms with Crippen LogP contribution in [0.5, 0.6) is 17.4 Å². The van der Waals surface area contributed by atoms with Crippen LogP contribution in [0.2, 0.25) is 0 Å². The van der Waals surface area contributed by atoms with E-state index in [2.05, 4.69) is 9.97 Å². The predicted octanol–water partition coefficient (Wildman–Crippen LogP) is 4.65. The van der Waals surface area contributed by atoms with Crippen LogP contribution in [0, 0.1) is 13.8 Å². The number of fused-ring (bicyclic) bond motifs is 1. The average molecular weight is 403 g/mol. The van der Waals surface area contributed by atoms with E-state index in [0.717, 1.165) is 22.2 Å². The molecule has 0 aliphatic carbocycles. The Kier molecular flexibility index (Phi) is 5.10. The van der Waals surface area contributed by atoms with Gasteiger partial charge in [-0.2, -0.15) is 0 Å². The Morgan fingerprint density at radius 2 is 1.93 bits per heavy atom. The maximum absolute atomic E-state index is 11.1. The molecule has 0 amide bonds. The molecule has 0 spiro atoms. The zero-order valence-electron chi connectivity index (χ0n) is 16.9. The Balaban J connectivity index is 1.55. The van der Waals surface area contributed by atoms with E-state index in [9.17, 15) is 4.79 Å². The molecule has 2 aromatic heterocycles. The molecule has 0 atom stereocenters. The lowest BCUT2D eigenvalue weighted by atomic mass is 10.2. The lowest BCUT2D eigenvalue weighted by Crippen LogP contribution is -2.04. The number of pyridine rings is 1. The largest absolute Gasteiger partial charge is 0.486 e. The number of benzene rings is 2. The van der Waals surface area contributed by atoms with Crippen molar-refractivity contribution in [3.05, 3.63) is 77.2 Å². The molecule has 2 heterocycles. The summed E-state index contributed by atoms with van der Waals surface area (Å²) in [5.74, 6) is 1.45. The van der Waals surface area contributed by atoms with Gasteiger partial charge < -0.3 is 19.1 Å². The monoisotopic (exact) mass is 403 g/mol. The molecule has 7 heteroatoms. The van der Waals surface area contributed by atoms with Crippen LogP contribution in [0.1, 0.15) is 27.3 Å². The van der Waals surface area contributed by atoms with Crippen LogP contribution in [-0.4, -0.2) is 25.6 Å². The highest BCUT2D eigenvalue weighted by Gasteiger charge is 2.12. The van der Waals surface area contributed by atoms with Crippen molar-refractivity contribution in [2.75, 3.05) is 0 Å². The minimum Gasteiger partial charge on any atom is -0.486 e. The summed E-state index contributed by atoms with van der Waals surface area (Å²) in [6.07, 6.45) is 1.78. The van der Waals surface area contributed by atoms with E-state index in [4.69, 9.17) is 14.6 Å². The van der Waals surface area contributed by atoms with E-state index in [1.807, 2.05) is 49.7 Å². The molecular formula is C23H21N3O4. The second-order valence-electron chi connectivity index (χ2n) is 7.10. The normalized spacial score (nSPS) is 10.9. The Morgan fingerprint density at radius 1 is 1.10 bits per heavy atom. The van der Waals surface area contributed by atoms with E-state index in [0.29, 0.717) is 23.2 Å². The molecular weight excluding hydrogens is 382 g/mol. The number of carbonyl (C=O) groups is 1. The fourth-order valence-electron chi connectivity index (χ4n) is 3.20. The van der Waals surface area contributed by atoms with Crippen LogP contribution in [0.4, 0.5) is 0 Å². The second kappa shape index (κ2) is 7.87.